The summed E-state index contributed by atoms with van der Waals surface area (Å²) in [5, 5.41) is 2.48. The Kier molecular flexibility index (Phi) is 9.69. The van der Waals surface area contributed by atoms with Gasteiger partial charge in [-0.2, -0.15) is 8.78 Å². The minimum absolute atomic E-state index is 0.0146. The predicted octanol–water partition coefficient (Wildman–Crippen LogP) is 5.09. The van der Waals surface area contributed by atoms with Crippen LogP contribution in [-0.2, 0) is 17.9 Å². The first-order valence-electron chi connectivity index (χ1n) is 13.6. The van der Waals surface area contributed by atoms with Gasteiger partial charge in [0.1, 0.15) is 16.5 Å². The van der Waals surface area contributed by atoms with Gasteiger partial charge in [-0.15, -0.1) is 11.3 Å². The van der Waals surface area contributed by atoms with E-state index in [9.17, 15) is 31.9 Å². The number of hydroxylamine groups is 1. The van der Waals surface area contributed by atoms with Crippen molar-refractivity contribution in [2.45, 2.75) is 19.7 Å². The van der Waals surface area contributed by atoms with Gasteiger partial charge in [-0.25, -0.2) is 32.8 Å². The van der Waals surface area contributed by atoms with Crippen LogP contribution in [0.2, 0.25) is 0 Å². The lowest BCUT2D eigenvalue weighted by Gasteiger charge is -2.16. The van der Waals surface area contributed by atoms with Crippen LogP contribution >= 0.6 is 11.3 Å². The van der Waals surface area contributed by atoms with E-state index in [1.807, 2.05) is 0 Å². The molecule has 0 aliphatic carbocycles. The molecule has 3 aromatic heterocycles. The van der Waals surface area contributed by atoms with Crippen molar-refractivity contribution in [2.24, 2.45) is 0 Å². The smallest absolute Gasteiger partial charge is 0.387 e. The Labute approximate surface area is 266 Å². The average molecular weight is 677 g/mol. The van der Waals surface area contributed by atoms with Gasteiger partial charge in [-0.05, 0) is 49.5 Å². The maximum absolute atomic E-state index is 15.6. The molecular formula is C30H25F5N6O5S. The fourth-order valence-electron chi connectivity index (χ4n) is 4.88. The summed E-state index contributed by atoms with van der Waals surface area (Å²) in [5.41, 5.74) is -0.0227. The number of fused-ring (bicyclic) bond motifs is 1. The SMILES string of the molecule is CONC(=O)Nc1ccc(-c2sc3c(c2CN(C)C)c(=O)n(-c2cccc(OC(F)F)c2F)c(=O)n3Cc2c(F)cncc2F)cc1. The van der Waals surface area contributed by atoms with Gasteiger partial charge in [0.05, 0.1) is 37.1 Å². The Balaban J connectivity index is 1.82. The van der Waals surface area contributed by atoms with E-state index in [1.165, 1.54) is 7.11 Å². The first-order chi connectivity index (χ1) is 22.4. The molecule has 3 heterocycles. The summed E-state index contributed by atoms with van der Waals surface area (Å²) in [6, 6.07) is 8.82. The third-order valence-corrected chi connectivity index (χ3v) is 8.12. The van der Waals surface area contributed by atoms with E-state index in [2.05, 4.69) is 25.4 Å². The van der Waals surface area contributed by atoms with Gasteiger partial charge < -0.3 is 15.0 Å². The number of amides is 2. The van der Waals surface area contributed by atoms with Crippen molar-refractivity contribution < 1.29 is 36.3 Å². The number of rotatable bonds is 10. The van der Waals surface area contributed by atoms with Crippen LogP contribution in [0.25, 0.3) is 26.3 Å². The van der Waals surface area contributed by atoms with E-state index in [-0.39, 0.29) is 16.8 Å². The highest BCUT2D eigenvalue weighted by atomic mass is 32.1. The second-order valence-electron chi connectivity index (χ2n) is 10.2. The third kappa shape index (κ3) is 6.72. The van der Waals surface area contributed by atoms with Crippen molar-refractivity contribution in [1.82, 2.24) is 24.5 Å². The molecular weight excluding hydrogens is 651 g/mol. The predicted molar refractivity (Wildman–Crippen MR) is 164 cm³/mol. The molecule has 0 saturated carbocycles. The second kappa shape index (κ2) is 13.7. The van der Waals surface area contributed by atoms with Crippen molar-refractivity contribution in [3.05, 3.63) is 104 Å². The number of alkyl halides is 2. The fraction of sp³-hybridized carbons (Fsp3) is 0.200. The molecule has 0 unspecified atom stereocenters. The Morgan fingerprint density at radius 3 is 2.32 bits per heavy atom. The van der Waals surface area contributed by atoms with Gasteiger partial charge in [0.25, 0.3) is 5.56 Å². The quantitative estimate of drug-likeness (QED) is 0.156. The molecule has 5 aromatic rings. The molecule has 11 nitrogen and oxygen atoms in total. The zero-order valence-electron chi connectivity index (χ0n) is 24.8. The first kappa shape index (κ1) is 33.2. The molecule has 0 aliphatic heterocycles. The highest BCUT2D eigenvalue weighted by Crippen LogP contribution is 2.38. The molecule has 0 aliphatic rings. The number of carbonyl (C=O) groups is 1. The number of aromatic nitrogens is 3. The van der Waals surface area contributed by atoms with Crippen LogP contribution in [-0.4, -0.2) is 52.9 Å². The third-order valence-electron chi connectivity index (χ3n) is 6.82. The monoisotopic (exact) mass is 676 g/mol. The normalized spacial score (nSPS) is 11.4. The van der Waals surface area contributed by atoms with E-state index in [0.717, 1.165) is 46.5 Å². The Bertz CT molecular complexity index is 2060. The van der Waals surface area contributed by atoms with Crippen LogP contribution in [0.15, 0.2) is 64.4 Å². The summed E-state index contributed by atoms with van der Waals surface area (Å²) in [4.78, 5) is 50.4. The largest absolute Gasteiger partial charge is 0.432 e. The molecule has 0 bridgehead atoms. The number of anilines is 1. The lowest BCUT2D eigenvalue weighted by atomic mass is 10.1. The average Bonchev–Trinajstić information content (AvgIpc) is 3.37. The number of hydrogen-bond acceptors (Lipinski definition) is 8. The Morgan fingerprint density at radius 1 is 1.02 bits per heavy atom. The summed E-state index contributed by atoms with van der Waals surface area (Å²) in [6.07, 6.45) is 1.50. The number of halogens is 5. The zero-order chi connectivity index (χ0) is 34.0. The Morgan fingerprint density at radius 2 is 1.70 bits per heavy atom. The van der Waals surface area contributed by atoms with Gasteiger partial charge in [-0.1, -0.05) is 18.2 Å². The number of carbonyl (C=O) groups excluding carboxylic acids is 1. The summed E-state index contributed by atoms with van der Waals surface area (Å²) in [5.74, 6) is -4.50. The van der Waals surface area contributed by atoms with Gasteiger partial charge >= 0.3 is 18.3 Å². The number of ether oxygens (including phenoxy) is 1. The maximum Gasteiger partial charge on any atom is 0.387 e. The van der Waals surface area contributed by atoms with Gasteiger partial charge in [0.2, 0.25) is 0 Å². The summed E-state index contributed by atoms with van der Waals surface area (Å²) >= 11 is 0.978. The maximum atomic E-state index is 15.6. The van der Waals surface area contributed by atoms with Gasteiger partial charge in [-0.3, -0.25) is 19.2 Å². The topological polar surface area (TPSA) is 120 Å². The van der Waals surface area contributed by atoms with E-state index < -0.39 is 64.9 Å². The van der Waals surface area contributed by atoms with Crippen LogP contribution in [0.4, 0.5) is 32.4 Å². The number of nitrogens with zero attached hydrogens (tertiary/aromatic N) is 4. The lowest BCUT2D eigenvalue weighted by Crippen LogP contribution is -2.39. The molecule has 0 radical (unpaired) electrons. The van der Waals surface area contributed by atoms with Crippen LogP contribution in [0.1, 0.15) is 11.1 Å². The highest BCUT2D eigenvalue weighted by molar-refractivity contribution is 7.22. The number of nitrogens with one attached hydrogen (secondary N) is 2. The minimum atomic E-state index is -3.41. The van der Waals surface area contributed by atoms with E-state index in [1.54, 1.807) is 43.3 Å². The number of thiophene rings is 1. The van der Waals surface area contributed by atoms with Gasteiger partial charge in [0.15, 0.2) is 11.6 Å². The number of hydrogen-bond donors (Lipinski definition) is 2. The molecule has 0 atom stereocenters. The molecule has 47 heavy (non-hydrogen) atoms. The molecule has 0 fully saturated rings. The molecule has 2 aromatic carbocycles. The van der Waals surface area contributed by atoms with E-state index in [4.69, 9.17) is 0 Å². The van der Waals surface area contributed by atoms with Gasteiger partial charge in [0, 0.05) is 22.7 Å². The van der Waals surface area contributed by atoms with Crippen molar-refractivity contribution in [3.63, 3.8) is 0 Å². The standard InChI is InChI=1S/C30H25F5N6O5S/c1-39(2)13-18-23-26(42)41(21-5-4-6-22(24(21)33)46-28(34)35)30(44)40(14-17-19(31)11-36-12-20(17)32)27(23)47-25(18)15-7-9-16(10-8-15)37-29(43)38-45-3/h4-12,28H,13-14H2,1-3H3,(H2,37,38,43). The van der Waals surface area contributed by atoms with Crippen molar-refractivity contribution in [2.75, 3.05) is 26.5 Å². The zero-order valence-corrected chi connectivity index (χ0v) is 25.6. The van der Waals surface area contributed by atoms with Crippen LogP contribution in [0.3, 0.4) is 0 Å². The molecule has 5 rings (SSSR count). The summed E-state index contributed by atoms with van der Waals surface area (Å²) in [6.45, 7) is -4.02. The molecule has 17 heteroatoms. The van der Waals surface area contributed by atoms with Crippen molar-refractivity contribution in [3.8, 4) is 21.9 Å². The minimum Gasteiger partial charge on any atom is -0.432 e. The molecule has 2 N–H and O–H groups in total. The number of benzene rings is 2. The van der Waals surface area contributed by atoms with Crippen LogP contribution < -0.4 is 26.8 Å². The number of urea groups is 1. The van der Waals surface area contributed by atoms with E-state index >= 15 is 4.39 Å². The summed E-state index contributed by atoms with van der Waals surface area (Å²) < 4.78 is 76.8. The lowest BCUT2D eigenvalue weighted by molar-refractivity contribution is -0.0521. The van der Waals surface area contributed by atoms with E-state index in [0.29, 0.717) is 26.3 Å². The van der Waals surface area contributed by atoms with Crippen molar-refractivity contribution in [1.29, 1.82) is 0 Å². The molecule has 2 amide bonds. The Hall–Kier alpha value is -5.13. The first-order valence-corrected chi connectivity index (χ1v) is 14.4. The molecule has 0 spiro atoms. The van der Waals surface area contributed by atoms with Crippen LogP contribution in [0.5, 0.6) is 5.75 Å². The molecule has 246 valence electrons. The summed E-state index contributed by atoms with van der Waals surface area (Å²) in [7, 11) is 4.70. The second-order valence-corrected chi connectivity index (χ2v) is 11.2. The van der Waals surface area contributed by atoms with Crippen molar-refractivity contribution >= 4 is 33.3 Å². The fourth-order valence-corrected chi connectivity index (χ4v) is 6.18. The molecule has 0 saturated heterocycles. The van der Waals surface area contributed by atoms with Crippen LogP contribution in [0, 0.1) is 17.5 Å². The highest BCUT2D eigenvalue weighted by Gasteiger charge is 2.27. The number of pyridine rings is 1.